The Hall–Kier alpha value is -2.38. The molecule has 0 spiro atoms. The third-order valence-electron chi connectivity index (χ3n) is 2.33. The van der Waals surface area contributed by atoms with Crippen molar-refractivity contribution in [2.45, 2.75) is 19.3 Å². The van der Waals surface area contributed by atoms with E-state index >= 15 is 0 Å². The summed E-state index contributed by atoms with van der Waals surface area (Å²) >= 11 is 0. The summed E-state index contributed by atoms with van der Waals surface area (Å²) < 4.78 is 18.1. The predicted molar refractivity (Wildman–Crippen MR) is 65.8 cm³/mol. The molecular formula is C11H14FN3O4. The fourth-order valence-corrected chi connectivity index (χ4v) is 1.39. The third kappa shape index (κ3) is 4.78. The van der Waals surface area contributed by atoms with Gasteiger partial charge in [0.25, 0.3) is 0 Å². The Morgan fingerprint density at radius 1 is 1.53 bits per heavy atom. The van der Waals surface area contributed by atoms with Crippen molar-refractivity contribution >= 4 is 11.5 Å². The van der Waals surface area contributed by atoms with Gasteiger partial charge in [-0.25, -0.2) is 4.39 Å². The quantitative estimate of drug-likeness (QED) is 0.197. The summed E-state index contributed by atoms with van der Waals surface area (Å²) in [4.78, 5) is 10.1. The molecule has 0 amide bonds. The number of benzene rings is 1. The van der Waals surface area contributed by atoms with Gasteiger partial charge >= 0.3 is 5.69 Å². The van der Waals surface area contributed by atoms with Gasteiger partial charge in [-0.05, 0) is 18.9 Å². The zero-order valence-corrected chi connectivity index (χ0v) is 10.1. The summed E-state index contributed by atoms with van der Waals surface area (Å²) in [6.07, 6.45) is 1.54. The first-order valence-corrected chi connectivity index (χ1v) is 5.57. The fourth-order valence-electron chi connectivity index (χ4n) is 1.39. The Kier molecular flexibility index (Phi) is 5.52. The Labute approximate surface area is 108 Å². The minimum Gasteiger partial charge on any atom is -0.487 e. The number of hydrogen-bond acceptors (Lipinski definition) is 5. The summed E-state index contributed by atoms with van der Waals surface area (Å²) in [6, 6.07) is 3.03. The van der Waals surface area contributed by atoms with Gasteiger partial charge in [0.05, 0.1) is 11.5 Å². The van der Waals surface area contributed by atoms with Gasteiger partial charge in [0.2, 0.25) is 0 Å². The first-order valence-electron chi connectivity index (χ1n) is 5.57. The minimum atomic E-state index is -0.634. The van der Waals surface area contributed by atoms with Gasteiger partial charge < -0.3 is 15.7 Å². The van der Waals surface area contributed by atoms with Crippen molar-refractivity contribution in [1.82, 2.24) is 0 Å². The lowest BCUT2D eigenvalue weighted by molar-refractivity contribution is -0.385. The van der Waals surface area contributed by atoms with E-state index in [0.717, 1.165) is 18.2 Å². The van der Waals surface area contributed by atoms with Crippen molar-refractivity contribution in [1.29, 1.82) is 0 Å². The number of unbranched alkanes of at least 4 members (excludes halogenated alkanes) is 1. The molecule has 0 heterocycles. The van der Waals surface area contributed by atoms with E-state index < -0.39 is 10.7 Å². The highest BCUT2D eigenvalue weighted by Gasteiger charge is 2.15. The average Bonchev–Trinajstić information content (AvgIpc) is 2.37. The van der Waals surface area contributed by atoms with Gasteiger partial charge in [-0.3, -0.25) is 10.1 Å². The topological polar surface area (TPSA) is 111 Å². The van der Waals surface area contributed by atoms with E-state index in [1.807, 2.05) is 0 Å². The molecule has 7 nitrogen and oxygen atoms in total. The van der Waals surface area contributed by atoms with E-state index in [1.165, 1.54) is 0 Å². The van der Waals surface area contributed by atoms with Crippen molar-refractivity contribution in [2.75, 3.05) is 6.61 Å². The standard InChI is InChI=1S/C11H14FN3O4/c12-8-4-5-9(15(17)18)10(7-8)19-6-2-1-3-11(13)14-16/h4-5,7,16H,1-3,6H2,(H2,13,14). The molecule has 104 valence electrons. The molecule has 3 N–H and O–H groups in total. The van der Waals surface area contributed by atoms with E-state index in [-0.39, 0.29) is 23.9 Å². The summed E-state index contributed by atoms with van der Waals surface area (Å²) in [6.45, 7) is 0.184. The highest BCUT2D eigenvalue weighted by molar-refractivity contribution is 5.79. The van der Waals surface area contributed by atoms with Crippen molar-refractivity contribution in [2.24, 2.45) is 10.9 Å². The van der Waals surface area contributed by atoms with Crippen LogP contribution in [-0.2, 0) is 0 Å². The molecule has 0 saturated carbocycles. The van der Waals surface area contributed by atoms with Crippen LogP contribution in [0.2, 0.25) is 0 Å². The smallest absolute Gasteiger partial charge is 0.311 e. The van der Waals surface area contributed by atoms with Gasteiger partial charge in [0.15, 0.2) is 5.75 Å². The normalized spacial score (nSPS) is 11.3. The predicted octanol–water partition coefficient (Wildman–Crippen LogP) is 2.03. The molecule has 0 aromatic heterocycles. The van der Waals surface area contributed by atoms with Crippen LogP contribution >= 0.6 is 0 Å². The zero-order valence-electron chi connectivity index (χ0n) is 10.1. The number of nitrogens with zero attached hydrogens (tertiary/aromatic N) is 2. The number of halogens is 1. The highest BCUT2D eigenvalue weighted by Crippen LogP contribution is 2.27. The number of hydrogen-bond donors (Lipinski definition) is 2. The van der Waals surface area contributed by atoms with Gasteiger partial charge in [0.1, 0.15) is 11.7 Å². The van der Waals surface area contributed by atoms with E-state index in [2.05, 4.69) is 5.16 Å². The molecule has 0 radical (unpaired) electrons. The van der Waals surface area contributed by atoms with Crippen LogP contribution in [0.15, 0.2) is 23.4 Å². The molecule has 0 atom stereocenters. The molecule has 8 heteroatoms. The van der Waals surface area contributed by atoms with Crippen molar-refractivity contribution in [3.05, 3.63) is 34.1 Å². The van der Waals surface area contributed by atoms with Crippen molar-refractivity contribution < 1.29 is 19.3 Å². The van der Waals surface area contributed by atoms with Crippen LogP contribution in [0.3, 0.4) is 0 Å². The minimum absolute atomic E-state index is 0.103. The van der Waals surface area contributed by atoms with Gasteiger partial charge in [0, 0.05) is 18.6 Å². The molecule has 0 aliphatic carbocycles. The van der Waals surface area contributed by atoms with Crippen LogP contribution in [0.4, 0.5) is 10.1 Å². The molecule has 0 fully saturated rings. The van der Waals surface area contributed by atoms with Crippen LogP contribution in [0, 0.1) is 15.9 Å². The molecule has 0 aliphatic rings. The Morgan fingerprint density at radius 3 is 2.89 bits per heavy atom. The van der Waals surface area contributed by atoms with E-state index in [9.17, 15) is 14.5 Å². The number of nitrogens with two attached hydrogens (primary N) is 1. The SMILES string of the molecule is N/C(CCCCOc1cc(F)ccc1[N+](=O)[O-])=N/O. The van der Waals surface area contributed by atoms with Crippen molar-refractivity contribution in [3.63, 3.8) is 0 Å². The molecular weight excluding hydrogens is 257 g/mol. The van der Waals surface area contributed by atoms with Crippen molar-refractivity contribution in [3.8, 4) is 5.75 Å². The van der Waals surface area contributed by atoms with E-state index in [1.54, 1.807) is 0 Å². The number of amidine groups is 1. The number of oxime groups is 1. The number of nitro benzene ring substituents is 1. The summed E-state index contributed by atoms with van der Waals surface area (Å²) in [5.41, 5.74) is 4.99. The van der Waals surface area contributed by atoms with E-state index in [0.29, 0.717) is 19.3 Å². The lowest BCUT2D eigenvalue weighted by atomic mass is 10.2. The van der Waals surface area contributed by atoms with Crippen LogP contribution < -0.4 is 10.5 Å². The second-order valence-corrected chi connectivity index (χ2v) is 3.77. The van der Waals surface area contributed by atoms with Crippen LogP contribution in [0.5, 0.6) is 5.75 Å². The number of rotatable bonds is 7. The lowest BCUT2D eigenvalue weighted by Crippen LogP contribution is -2.11. The average molecular weight is 271 g/mol. The number of nitro groups is 1. The third-order valence-corrected chi connectivity index (χ3v) is 2.33. The molecule has 1 aromatic rings. The molecule has 0 aliphatic heterocycles. The second-order valence-electron chi connectivity index (χ2n) is 3.77. The Balaban J connectivity index is 2.49. The summed E-state index contributed by atoms with van der Waals surface area (Å²) in [7, 11) is 0. The zero-order chi connectivity index (χ0) is 14.3. The lowest BCUT2D eigenvalue weighted by Gasteiger charge is -2.06. The molecule has 0 bridgehead atoms. The van der Waals surface area contributed by atoms with Gasteiger partial charge in [-0.1, -0.05) is 5.16 Å². The van der Waals surface area contributed by atoms with E-state index in [4.69, 9.17) is 15.7 Å². The molecule has 19 heavy (non-hydrogen) atoms. The Bertz CT molecular complexity index is 479. The van der Waals surface area contributed by atoms with Gasteiger partial charge in [-0.2, -0.15) is 0 Å². The number of ether oxygens (including phenoxy) is 1. The molecule has 0 saturated heterocycles. The van der Waals surface area contributed by atoms with Gasteiger partial charge in [-0.15, -0.1) is 0 Å². The molecule has 0 unspecified atom stereocenters. The maximum atomic E-state index is 13.0. The molecule has 1 aromatic carbocycles. The monoisotopic (exact) mass is 271 g/mol. The largest absolute Gasteiger partial charge is 0.487 e. The first-order chi connectivity index (χ1) is 9.04. The summed E-state index contributed by atoms with van der Waals surface area (Å²) in [5.74, 6) is -0.595. The first kappa shape index (κ1) is 14.7. The van der Waals surface area contributed by atoms with Crippen LogP contribution in [0.1, 0.15) is 19.3 Å². The highest BCUT2D eigenvalue weighted by atomic mass is 19.1. The second kappa shape index (κ2) is 7.14. The Morgan fingerprint density at radius 2 is 2.26 bits per heavy atom. The molecule has 1 rings (SSSR count). The maximum absolute atomic E-state index is 13.0. The summed E-state index contributed by atoms with van der Waals surface area (Å²) in [5, 5.41) is 21.8. The maximum Gasteiger partial charge on any atom is 0.311 e. The fraction of sp³-hybridized carbons (Fsp3) is 0.364. The van der Waals surface area contributed by atoms with Crippen LogP contribution in [-0.4, -0.2) is 22.6 Å². The van der Waals surface area contributed by atoms with Crippen LogP contribution in [0.25, 0.3) is 0 Å².